The Morgan fingerprint density at radius 2 is 1.00 bits per heavy atom. The molecule has 4 nitrogen and oxygen atoms in total. The number of hydrogen-bond acceptors (Lipinski definition) is 4. The minimum absolute atomic E-state index is 0. The lowest BCUT2D eigenvalue weighted by molar-refractivity contribution is -0.141. The van der Waals surface area contributed by atoms with Crippen LogP contribution < -0.4 is 9.47 Å². The van der Waals surface area contributed by atoms with Crippen molar-refractivity contribution < 1.29 is 19.1 Å². The molecule has 2 aromatic carbocycles. The van der Waals surface area contributed by atoms with Crippen LogP contribution in [-0.2, 0) is 22.4 Å². The second-order valence-corrected chi connectivity index (χ2v) is 12.0. The van der Waals surface area contributed by atoms with E-state index in [4.69, 9.17) is 9.47 Å². The first-order chi connectivity index (χ1) is 21.0. The molecule has 2 aliphatic rings. The minimum atomic E-state index is -0.140. The molecule has 2 fully saturated rings. The van der Waals surface area contributed by atoms with Gasteiger partial charge in [-0.05, 0) is 118 Å². The molecule has 0 aromatic heterocycles. The molecule has 2 aliphatic carbocycles. The molecule has 4 rings (SSSR count). The molecule has 0 spiro atoms. The van der Waals surface area contributed by atoms with Gasteiger partial charge in [-0.1, -0.05) is 98.9 Å². The van der Waals surface area contributed by atoms with Crippen LogP contribution in [0, 0.1) is 23.7 Å². The maximum Gasteiger partial charge on any atom is 0.314 e. The quantitative estimate of drug-likeness (QED) is 0.178. The van der Waals surface area contributed by atoms with Crippen LogP contribution in [-0.4, -0.2) is 11.9 Å². The number of aryl methyl sites for hydroxylation is 1. The topological polar surface area (TPSA) is 52.6 Å². The fraction of sp³-hybridized carbons (Fsp3) is 0.650. The number of benzene rings is 2. The van der Waals surface area contributed by atoms with Gasteiger partial charge in [0.15, 0.2) is 0 Å². The smallest absolute Gasteiger partial charge is 0.314 e. The van der Waals surface area contributed by atoms with Crippen LogP contribution in [0.2, 0.25) is 0 Å². The molecule has 0 heterocycles. The number of rotatable bonds is 12. The molecule has 0 radical (unpaired) electrons. The Bertz CT molecular complexity index is 1010. The van der Waals surface area contributed by atoms with Gasteiger partial charge in [0, 0.05) is 0 Å². The molecule has 0 N–H and O–H groups in total. The van der Waals surface area contributed by atoms with E-state index in [1.54, 1.807) is 24.3 Å². The summed E-state index contributed by atoms with van der Waals surface area (Å²) in [7, 11) is 0. The highest BCUT2D eigenvalue weighted by atomic mass is 16.5. The molecule has 0 bridgehead atoms. The Hall–Kier alpha value is -2.62. The summed E-state index contributed by atoms with van der Waals surface area (Å²) in [6, 6.07) is 16.1. The highest BCUT2D eigenvalue weighted by Gasteiger charge is 2.29. The standard InChI is InChI=1S/C35H48O4.2C2H6.CH4/c1-3-5-7-26-9-11-28(12-10-26)25-29-15-19-31(20-16-29)35(37)39-33-23-21-32(22-24-33)38-34(36)30-17-13-27(14-18-30)8-6-4-2;2*1-2;/h9-12,21-24,27,29-31H,3-8,13-20,25H2,1-2H3;2*1-2H3;1H4. The number of esters is 2. The summed E-state index contributed by atoms with van der Waals surface area (Å²) in [5.74, 6) is 2.13. The Labute approximate surface area is 270 Å². The first-order valence-electron chi connectivity index (χ1n) is 17.6. The highest BCUT2D eigenvalue weighted by molar-refractivity contribution is 5.76. The average Bonchev–Trinajstić information content (AvgIpc) is 3.06. The van der Waals surface area contributed by atoms with Crippen molar-refractivity contribution in [3.05, 3.63) is 59.7 Å². The SMILES string of the molecule is C.CC.CC.CCCCc1ccc(CC2CCC(C(=O)Oc3ccc(OC(=O)C4CCC(CCCC)CC4)cc3)CC2)cc1. The molecule has 0 amide bonds. The monoisotopic (exact) mass is 608 g/mol. The predicted octanol–water partition coefficient (Wildman–Crippen LogP) is 11.6. The summed E-state index contributed by atoms with van der Waals surface area (Å²) < 4.78 is 11.3. The number of carbonyl (C=O) groups excluding carboxylic acids is 2. The number of ether oxygens (including phenoxy) is 2. The number of hydrogen-bond donors (Lipinski definition) is 0. The molecule has 4 heteroatoms. The Morgan fingerprint density at radius 1 is 0.591 bits per heavy atom. The van der Waals surface area contributed by atoms with E-state index in [9.17, 15) is 9.59 Å². The molecule has 2 saturated carbocycles. The maximum atomic E-state index is 12.8. The van der Waals surface area contributed by atoms with Crippen molar-refractivity contribution in [1.82, 2.24) is 0 Å². The second-order valence-electron chi connectivity index (χ2n) is 12.0. The molecule has 0 saturated heterocycles. The van der Waals surface area contributed by atoms with Gasteiger partial charge in [0.2, 0.25) is 0 Å². The van der Waals surface area contributed by atoms with E-state index in [1.165, 1.54) is 43.2 Å². The van der Waals surface area contributed by atoms with Crippen LogP contribution in [0.1, 0.15) is 144 Å². The molecule has 44 heavy (non-hydrogen) atoms. The number of unbranched alkanes of at least 4 members (excludes halogenated alkanes) is 2. The average molecular weight is 609 g/mol. The summed E-state index contributed by atoms with van der Waals surface area (Å²) in [5.41, 5.74) is 2.83. The molecule has 0 atom stereocenters. The maximum absolute atomic E-state index is 12.8. The molecule has 0 unspecified atom stereocenters. The third-order valence-electron chi connectivity index (χ3n) is 8.95. The van der Waals surface area contributed by atoms with Crippen LogP contribution in [0.5, 0.6) is 11.5 Å². The van der Waals surface area contributed by atoms with Crippen LogP contribution in [0.25, 0.3) is 0 Å². The van der Waals surface area contributed by atoms with Gasteiger partial charge in [-0.15, -0.1) is 0 Å². The fourth-order valence-electron chi connectivity index (χ4n) is 6.31. The molecule has 0 aliphatic heterocycles. The van der Waals surface area contributed by atoms with E-state index >= 15 is 0 Å². The summed E-state index contributed by atoms with van der Waals surface area (Å²) in [4.78, 5) is 25.5. The van der Waals surface area contributed by atoms with Crippen molar-refractivity contribution in [2.45, 2.75) is 145 Å². The molecule has 2 aromatic rings. The normalized spacial score (nSPS) is 20.9. The zero-order valence-corrected chi connectivity index (χ0v) is 28.2. The second kappa shape index (κ2) is 22.8. The van der Waals surface area contributed by atoms with Crippen molar-refractivity contribution >= 4 is 11.9 Å². The summed E-state index contributed by atoms with van der Waals surface area (Å²) >= 11 is 0. The summed E-state index contributed by atoms with van der Waals surface area (Å²) in [6.07, 6.45) is 16.5. The zero-order chi connectivity index (χ0) is 31.5. The van der Waals surface area contributed by atoms with Gasteiger partial charge in [0.1, 0.15) is 11.5 Å². The van der Waals surface area contributed by atoms with Crippen molar-refractivity contribution in [2.24, 2.45) is 23.7 Å². The summed E-state index contributed by atoms with van der Waals surface area (Å²) in [5, 5.41) is 0. The van der Waals surface area contributed by atoms with Crippen LogP contribution in [0.3, 0.4) is 0 Å². The van der Waals surface area contributed by atoms with E-state index in [0.717, 1.165) is 70.1 Å². The van der Waals surface area contributed by atoms with Gasteiger partial charge in [0.05, 0.1) is 11.8 Å². The molecular formula is C40H64O4. The van der Waals surface area contributed by atoms with Crippen molar-refractivity contribution in [3.8, 4) is 11.5 Å². The van der Waals surface area contributed by atoms with Gasteiger partial charge >= 0.3 is 11.9 Å². The van der Waals surface area contributed by atoms with Gasteiger partial charge in [-0.2, -0.15) is 0 Å². The largest absolute Gasteiger partial charge is 0.426 e. The Morgan fingerprint density at radius 3 is 1.43 bits per heavy atom. The summed E-state index contributed by atoms with van der Waals surface area (Å²) in [6.45, 7) is 12.5. The van der Waals surface area contributed by atoms with E-state index in [-0.39, 0.29) is 31.2 Å². The van der Waals surface area contributed by atoms with E-state index in [0.29, 0.717) is 17.4 Å². The highest BCUT2D eigenvalue weighted by Crippen LogP contribution is 2.34. The first-order valence-corrected chi connectivity index (χ1v) is 17.6. The van der Waals surface area contributed by atoms with Crippen LogP contribution in [0.4, 0.5) is 0 Å². The number of carbonyl (C=O) groups is 2. The molecular weight excluding hydrogens is 544 g/mol. The Kier molecular flexibility index (Phi) is 20.4. The molecule has 248 valence electrons. The van der Waals surface area contributed by atoms with Crippen LogP contribution >= 0.6 is 0 Å². The predicted molar refractivity (Wildman–Crippen MR) is 186 cm³/mol. The Balaban J connectivity index is 0.00000186. The van der Waals surface area contributed by atoms with Crippen LogP contribution in [0.15, 0.2) is 48.5 Å². The minimum Gasteiger partial charge on any atom is -0.426 e. The van der Waals surface area contributed by atoms with Crippen molar-refractivity contribution in [2.75, 3.05) is 0 Å². The van der Waals surface area contributed by atoms with Gasteiger partial charge < -0.3 is 9.47 Å². The van der Waals surface area contributed by atoms with E-state index in [1.807, 2.05) is 27.7 Å². The van der Waals surface area contributed by atoms with Gasteiger partial charge in [0.25, 0.3) is 0 Å². The van der Waals surface area contributed by atoms with Gasteiger partial charge in [-0.3, -0.25) is 9.59 Å². The fourth-order valence-corrected chi connectivity index (χ4v) is 6.31. The van der Waals surface area contributed by atoms with Gasteiger partial charge in [-0.25, -0.2) is 0 Å². The third kappa shape index (κ3) is 13.6. The lowest BCUT2D eigenvalue weighted by Crippen LogP contribution is -2.26. The lowest BCUT2D eigenvalue weighted by atomic mass is 9.79. The zero-order valence-electron chi connectivity index (χ0n) is 28.2. The van der Waals surface area contributed by atoms with E-state index < -0.39 is 0 Å². The van der Waals surface area contributed by atoms with E-state index in [2.05, 4.69) is 38.1 Å². The van der Waals surface area contributed by atoms with Crippen molar-refractivity contribution in [3.63, 3.8) is 0 Å². The third-order valence-corrected chi connectivity index (χ3v) is 8.95. The van der Waals surface area contributed by atoms with Crippen molar-refractivity contribution in [1.29, 1.82) is 0 Å². The first kappa shape index (κ1) is 39.4. The lowest BCUT2D eigenvalue weighted by Gasteiger charge is -2.27.